The van der Waals surface area contributed by atoms with Crippen molar-refractivity contribution in [3.8, 4) is 0 Å². The summed E-state index contributed by atoms with van der Waals surface area (Å²) in [6, 6.07) is 0. The molecule has 3 atom stereocenters. The lowest BCUT2D eigenvalue weighted by Crippen LogP contribution is -2.32. The molecule has 0 radical (unpaired) electrons. The number of hydrogen-bond acceptors (Lipinski definition) is 1. The Hall–Kier alpha value is -1.11. The molecular formula is C15H20O. The van der Waals surface area contributed by atoms with Crippen molar-refractivity contribution in [2.24, 2.45) is 17.8 Å². The maximum Gasteiger partial charge on any atom is 0.158 e. The summed E-state index contributed by atoms with van der Waals surface area (Å²) < 4.78 is 0. The van der Waals surface area contributed by atoms with Crippen LogP contribution in [0.3, 0.4) is 0 Å². The normalized spacial score (nSPS) is 33.9. The molecule has 0 spiro atoms. The largest absolute Gasteiger partial charge is 0.295 e. The molecule has 0 N–H and O–H groups in total. The summed E-state index contributed by atoms with van der Waals surface area (Å²) in [6.45, 7) is 10.3. The van der Waals surface area contributed by atoms with Crippen LogP contribution in [-0.2, 0) is 4.79 Å². The molecule has 0 aromatic carbocycles. The molecule has 0 heterocycles. The molecule has 1 nitrogen and oxygen atoms in total. The van der Waals surface area contributed by atoms with Crippen molar-refractivity contribution in [3.63, 3.8) is 0 Å². The number of carbonyl (C=O) groups excluding carboxylic acids is 1. The highest BCUT2D eigenvalue weighted by Gasteiger charge is 2.36. The van der Waals surface area contributed by atoms with Crippen LogP contribution in [0.25, 0.3) is 0 Å². The standard InChI is InChI=1S/C15H20O/c1-9(2)12-6-5-10(3)13-8-15(16)11(4)7-14(12)13/h6-7,10,13-14H,1,5,8H2,2-4H3/t10-,13+,14-/m0/s1. The molecule has 0 aliphatic heterocycles. The summed E-state index contributed by atoms with van der Waals surface area (Å²) in [7, 11) is 0. The smallest absolute Gasteiger partial charge is 0.158 e. The van der Waals surface area contributed by atoms with Crippen LogP contribution < -0.4 is 0 Å². The molecule has 0 aromatic rings. The summed E-state index contributed by atoms with van der Waals surface area (Å²) in [5, 5.41) is 0. The van der Waals surface area contributed by atoms with Crippen LogP contribution in [0.15, 0.2) is 35.5 Å². The van der Waals surface area contributed by atoms with E-state index in [2.05, 4.69) is 32.6 Å². The highest BCUT2D eigenvalue weighted by molar-refractivity contribution is 5.96. The van der Waals surface area contributed by atoms with Crippen molar-refractivity contribution in [1.29, 1.82) is 0 Å². The second-order valence-corrected chi connectivity index (χ2v) is 5.32. The third-order valence-electron chi connectivity index (χ3n) is 4.04. The molecule has 0 fully saturated rings. The number of carbonyl (C=O) groups is 1. The van der Waals surface area contributed by atoms with Crippen LogP contribution in [0, 0.1) is 17.8 Å². The van der Waals surface area contributed by atoms with Crippen LogP contribution in [0.4, 0.5) is 0 Å². The Balaban J connectivity index is 2.41. The van der Waals surface area contributed by atoms with Gasteiger partial charge in [0, 0.05) is 12.3 Å². The van der Waals surface area contributed by atoms with E-state index >= 15 is 0 Å². The third kappa shape index (κ3) is 1.79. The molecule has 0 bridgehead atoms. The van der Waals surface area contributed by atoms with Gasteiger partial charge in [0.1, 0.15) is 0 Å². The van der Waals surface area contributed by atoms with E-state index in [0.717, 1.165) is 24.0 Å². The average molecular weight is 216 g/mol. The fourth-order valence-electron chi connectivity index (χ4n) is 2.95. The zero-order chi connectivity index (χ0) is 11.9. The zero-order valence-corrected chi connectivity index (χ0v) is 10.4. The van der Waals surface area contributed by atoms with Crippen LogP contribution in [0.1, 0.15) is 33.6 Å². The van der Waals surface area contributed by atoms with Crippen molar-refractivity contribution in [1.82, 2.24) is 0 Å². The number of hydrogen-bond donors (Lipinski definition) is 0. The Morgan fingerprint density at radius 1 is 1.50 bits per heavy atom. The van der Waals surface area contributed by atoms with Gasteiger partial charge in [0.25, 0.3) is 0 Å². The SMILES string of the molecule is C=C(C)C1=CC[C@H](C)[C@H]2CC(=O)C(C)=C[C@@H]12. The van der Waals surface area contributed by atoms with E-state index in [1.807, 2.05) is 6.92 Å². The minimum Gasteiger partial charge on any atom is -0.295 e. The number of allylic oxidation sites excluding steroid dienone is 5. The molecule has 0 saturated carbocycles. The summed E-state index contributed by atoms with van der Waals surface area (Å²) in [4.78, 5) is 11.8. The van der Waals surface area contributed by atoms with Crippen molar-refractivity contribution < 1.29 is 4.79 Å². The van der Waals surface area contributed by atoms with Crippen LogP contribution in [0.5, 0.6) is 0 Å². The molecule has 16 heavy (non-hydrogen) atoms. The molecular weight excluding hydrogens is 196 g/mol. The Bertz CT molecular complexity index is 398. The monoisotopic (exact) mass is 216 g/mol. The fourth-order valence-corrected chi connectivity index (χ4v) is 2.95. The molecule has 1 heteroatoms. The Labute approximate surface area is 97.9 Å². The van der Waals surface area contributed by atoms with Gasteiger partial charge >= 0.3 is 0 Å². The van der Waals surface area contributed by atoms with Crippen LogP contribution >= 0.6 is 0 Å². The Morgan fingerprint density at radius 2 is 2.19 bits per heavy atom. The minimum atomic E-state index is 0.330. The minimum absolute atomic E-state index is 0.330. The second-order valence-electron chi connectivity index (χ2n) is 5.32. The van der Waals surface area contributed by atoms with Gasteiger partial charge in [-0.1, -0.05) is 31.2 Å². The summed E-state index contributed by atoms with van der Waals surface area (Å²) in [5.41, 5.74) is 3.44. The summed E-state index contributed by atoms with van der Waals surface area (Å²) in [6.07, 6.45) is 6.28. The fraction of sp³-hybridized carbons (Fsp3) is 0.533. The highest BCUT2D eigenvalue weighted by Crippen LogP contribution is 2.43. The van der Waals surface area contributed by atoms with E-state index in [1.165, 1.54) is 5.57 Å². The molecule has 2 aliphatic rings. The lowest BCUT2D eigenvalue weighted by Gasteiger charge is -2.38. The van der Waals surface area contributed by atoms with Gasteiger partial charge in [-0.3, -0.25) is 4.79 Å². The first-order chi connectivity index (χ1) is 7.50. The van der Waals surface area contributed by atoms with Gasteiger partial charge in [0.05, 0.1) is 0 Å². The second kappa shape index (κ2) is 4.04. The first-order valence-electron chi connectivity index (χ1n) is 6.08. The van der Waals surface area contributed by atoms with Crippen molar-refractivity contribution in [2.45, 2.75) is 33.6 Å². The molecule has 0 saturated heterocycles. The van der Waals surface area contributed by atoms with Gasteiger partial charge in [-0.25, -0.2) is 0 Å². The van der Waals surface area contributed by atoms with Crippen molar-refractivity contribution in [3.05, 3.63) is 35.5 Å². The maximum atomic E-state index is 11.8. The first kappa shape index (κ1) is 11.4. The molecule has 0 aromatic heterocycles. The lowest BCUT2D eigenvalue weighted by atomic mass is 9.66. The molecule has 2 rings (SSSR count). The third-order valence-corrected chi connectivity index (χ3v) is 4.04. The van der Waals surface area contributed by atoms with Crippen LogP contribution in [-0.4, -0.2) is 5.78 Å². The topological polar surface area (TPSA) is 17.1 Å². The Morgan fingerprint density at radius 3 is 2.81 bits per heavy atom. The Kier molecular flexibility index (Phi) is 2.88. The predicted octanol–water partition coefficient (Wildman–Crippen LogP) is 3.68. The van der Waals surface area contributed by atoms with Gasteiger partial charge in [-0.15, -0.1) is 0 Å². The average Bonchev–Trinajstić information content (AvgIpc) is 2.21. The van der Waals surface area contributed by atoms with E-state index < -0.39 is 0 Å². The number of fused-ring (bicyclic) bond motifs is 1. The number of ketones is 1. The van der Waals surface area contributed by atoms with Gasteiger partial charge in [-0.05, 0) is 43.3 Å². The van der Waals surface area contributed by atoms with Gasteiger partial charge in [0.2, 0.25) is 0 Å². The highest BCUT2D eigenvalue weighted by atomic mass is 16.1. The van der Waals surface area contributed by atoms with Gasteiger partial charge in [-0.2, -0.15) is 0 Å². The van der Waals surface area contributed by atoms with Crippen molar-refractivity contribution >= 4 is 5.78 Å². The van der Waals surface area contributed by atoms with Gasteiger partial charge in [0.15, 0.2) is 5.78 Å². The van der Waals surface area contributed by atoms with Gasteiger partial charge < -0.3 is 0 Å². The molecule has 0 amide bonds. The quantitative estimate of drug-likeness (QED) is 0.653. The lowest BCUT2D eigenvalue weighted by molar-refractivity contribution is -0.117. The molecule has 0 unspecified atom stereocenters. The van der Waals surface area contributed by atoms with E-state index in [0.29, 0.717) is 23.5 Å². The summed E-state index contributed by atoms with van der Waals surface area (Å²) >= 11 is 0. The van der Waals surface area contributed by atoms with E-state index in [1.54, 1.807) is 0 Å². The van der Waals surface area contributed by atoms with Crippen molar-refractivity contribution in [2.75, 3.05) is 0 Å². The van der Waals surface area contributed by atoms with Crippen LogP contribution in [0.2, 0.25) is 0 Å². The van der Waals surface area contributed by atoms with E-state index in [-0.39, 0.29) is 0 Å². The summed E-state index contributed by atoms with van der Waals surface area (Å²) in [5.74, 6) is 1.87. The molecule has 86 valence electrons. The number of rotatable bonds is 1. The van der Waals surface area contributed by atoms with E-state index in [9.17, 15) is 4.79 Å². The van der Waals surface area contributed by atoms with E-state index in [4.69, 9.17) is 0 Å². The predicted molar refractivity (Wildman–Crippen MR) is 67.0 cm³/mol. The number of Topliss-reactive ketones (excluding diaryl/α,β-unsaturated/α-hetero) is 1. The first-order valence-corrected chi connectivity index (χ1v) is 6.08. The molecule has 2 aliphatic carbocycles. The zero-order valence-electron chi connectivity index (χ0n) is 10.4. The maximum absolute atomic E-state index is 11.8.